The summed E-state index contributed by atoms with van der Waals surface area (Å²) in [4.78, 5) is 15.0. The van der Waals surface area contributed by atoms with Gasteiger partial charge >= 0.3 is 0 Å². The van der Waals surface area contributed by atoms with Crippen LogP contribution in [0, 0.1) is 5.82 Å². The van der Waals surface area contributed by atoms with Crippen molar-refractivity contribution in [2.75, 3.05) is 11.9 Å². The smallest absolute Gasteiger partial charge is 0.262 e. The molecule has 3 rings (SSSR count). The number of H-pyrrole nitrogens is 1. The van der Waals surface area contributed by atoms with Crippen molar-refractivity contribution >= 4 is 22.5 Å². The van der Waals surface area contributed by atoms with Crippen LogP contribution in [0.1, 0.15) is 0 Å². The molecule has 0 fully saturated rings. The van der Waals surface area contributed by atoms with Gasteiger partial charge in [-0.05, 0) is 42.5 Å². The van der Waals surface area contributed by atoms with Gasteiger partial charge in [0.1, 0.15) is 11.6 Å². The van der Waals surface area contributed by atoms with Crippen molar-refractivity contribution in [1.82, 2.24) is 4.98 Å². The minimum absolute atomic E-state index is 0.132. The van der Waals surface area contributed by atoms with Crippen molar-refractivity contribution in [3.63, 3.8) is 0 Å². The number of hydrogen-bond donors (Lipinski definition) is 2. The number of rotatable bonds is 4. The number of ether oxygens (including phenoxy) is 1. The third kappa shape index (κ3) is 3.02. The van der Waals surface area contributed by atoms with Crippen molar-refractivity contribution in [3.8, 4) is 5.75 Å². The van der Waals surface area contributed by atoms with E-state index in [4.69, 9.17) is 4.74 Å². The van der Waals surface area contributed by atoms with Crippen LogP contribution in [-0.4, -0.2) is 17.5 Å². The normalized spacial score (nSPS) is 10.5. The predicted octanol–water partition coefficient (Wildman–Crippen LogP) is 3.32. The van der Waals surface area contributed by atoms with Crippen LogP contribution >= 0.6 is 0 Å². The number of amides is 1. The van der Waals surface area contributed by atoms with Gasteiger partial charge in [-0.1, -0.05) is 6.07 Å². The molecule has 0 saturated heterocycles. The van der Waals surface area contributed by atoms with E-state index in [2.05, 4.69) is 10.3 Å². The number of nitrogens with one attached hydrogen (secondary N) is 2. The van der Waals surface area contributed by atoms with Gasteiger partial charge in [-0.25, -0.2) is 4.39 Å². The lowest BCUT2D eigenvalue weighted by atomic mass is 10.2. The molecule has 1 aromatic heterocycles. The van der Waals surface area contributed by atoms with Crippen LogP contribution in [0.5, 0.6) is 5.75 Å². The highest BCUT2D eigenvalue weighted by Crippen LogP contribution is 2.22. The van der Waals surface area contributed by atoms with Gasteiger partial charge in [0.2, 0.25) is 0 Å². The van der Waals surface area contributed by atoms with Crippen molar-refractivity contribution in [2.45, 2.75) is 0 Å². The first-order valence-corrected chi connectivity index (χ1v) is 6.47. The Balaban J connectivity index is 1.64. The summed E-state index contributed by atoms with van der Waals surface area (Å²) in [6, 6.07) is 13.0. The highest BCUT2D eigenvalue weighted by molar-refractivity contribution is 6.01. The second-order valence-corrected chi connectivity index (χ2v) is 4.54. The molecule has 2 aromatic carbocycles. The van der Waals surface area contributed by atoms with Crippen LogP contribution < -0.4 is 10.1 Å². The number of hydrogen-bond acceptors (Lipinski definition) is 2. The Morgan fingerprint density at radius 2 is 1.95 bits per heavy atom. The quantitative estimate of drug-likeness (QED) is 0.772. The average molecular weight is 284 g/mol. The van der Waals surface area contributed by atoms with E-state index in [0.717, 1.165) is 16.6 Å². The van der Waals surface area contributed by atoms with Gasteiger partial charge in [-0.2, -0.15) is 0 Å². The Morgan fingerprint density at radius 3 is 2.76 bits per heavy atom. The molecule has 4 nitrogen and oxygen atoms in total. The van der Waals surface area contributed by atoms with Gasteiger partial charge in [-0.15, -0.1) is 0 Å². The first-order valence-electron chi connectivity index (χ1n) is 6.47. The number of aromatic amines is 1. The number of halogens is 1. The largest absolute Gasteiger partial charge is 0.484 e. The molecular weight excluding hydrogens is 271 g/mol. The van der Waals surface area contributed by atoms with E-state index in [1.807, 2.05) is 30.5 Å². The molecule has 0 unspecified atom stereocenters. The number of aromatic nitrogens is 1. The lowest BCUT2D eigenvalue weighted by Gasteiger charge is -2.08. The third-order valence-electron chi connectivity index (χ3n) is 3.05. The molecule has 0 aliphatic carbocycles. The zero-order chi connectivity index (χ0) is 14.7. The summed E-state index contributed by atoms with van der Waals surface area (Å²) >= 11 is 0. The number of carbonyl (C=O) groups excluding carboxylic acids is 1. The van der Waals surface area contributed by atoms with E-state index in [1.54, 1.807) is 0 Å². The van der Waals surface area contributed by atoms with Gasteiger partial charge in [0.05, 0.1) is 5.69 Å². The molecule has 0 atom stereocenters. The maximum Gasteiger partial charge on any atom is 0.262 e. The Hall–Kier alpha value is -2.82. The molecule has 0 saturated carbocycles. The molecule has 0 spiro atoms. The van der Waals surface area contributed by atoms with Gasteiger partial charge in [0, 0.05) is 17.1 Å². The van der Waals surface area contributed by atoms with Crippen molar-refractivity contribution in [1.29, 1.82) is 0 Å². The Labute approximate surface area is 120 Å². The zero-order valence-corrected chi connectivity index (χ0v) is 11.1. The molecule has 1 amide bonds. The minimum atomic E-state index is -0.342. The van der Waals surface area contributed by atoms with Crippen LogP contribution in [0.4, 0.5) is 10.1 Å². The van der Waals surface area contributed by atoms with Crippen LogP contribution in [0.2, 0.25) is 0 Å². The number of carbonyl (C=O) groups is 1. The molecule has 21 heavy (non-hydrogen) atoms. The fraction of sp³-hybridized carbons (Fsp3) is 0.0625. The second-order valence-electron chi connectivity index (χ2n) is 4.54. The second kappa shape index (κ2) is 5.66. The van der Waals surface area contributed by atoms with Gasteiger partial charge in [0.25, 0.3) is 5.91 Å². The van der Waals surface area contributed by atoms with E-state index in [1.165, 1.54) is 24.3 Å². The van der Waals surface area contributed by atoms with E-state index in [-0.39, 0.29) is 18.3 Å². The molecule has 0 radical (unpaired) electrons. The Bertz CT molecular complexity index is 765. The van der Waals surface area contributed by atoms with Gasteiger partial charge < -0.3 is 15.0 Å². The number of benzene rings is 2. The van der Waals surface area contributed by atoms with Crippen molar-refractivity contribution in [2.24, 2.45) is 0 Å². The molecule has 5 heteroatoms. The standard InChI is InChI=1S/C16H13FN2O2/c17-11-4-6-12(7-5-11)21-10-16(20)19-15-3-1-2-14-13(15)8-9-18-14/h1-9,18H,10H2,(H,19,20). The summed E-state index contributed by atoms with van der Waals surface area (Å²) in [5, 5.41) is 3.73. The van der Waals surface area contributed by atoms with E-state index < -0.39 is 0 Å². The van der Waals surface area contributed by atoms with Crippen LogP contribution in [0.15, 0.2) is 54.7 Å². The summed E-state index contributed by atoms with van der Waals surface area (Å²) < 4.78 is 18.1. The van der Waals surface area contributed by atoms with Crippen LogP contribution in [0.25, 0.3) is 10.9 Å². The van der Waals surface area contributed by atoms with Gasteiger partial charge in [0.15, 0.2) is 6.61 Å². The fourth-order valence-electron chi connectivity index (χ4n) is 2.06. The van der Waals surface area contributed by atoms with E-state index in [0.29, 0.717) is 5.75 Å². The summed E-state index contributed by atoms with van der Waals surface area (Å²) in [6.07, 6.45) is 1.81. The summed E-state index contributed by atoms with van der Waals surface area (Å²) in [5.41, 5.74) is 1.67. The van der Waals surface area contributed by atoms with E-state index in [9.17, 15) is 9.18 Å². The molecule has 106 valence electrons. The Morgan fingerprint density at radius 1 is 1.14 bits per heavy atom. The molecule has 3 aromatic rings. The molecule has 1 heterocycles. The monoisotopic (exact) mass is 284 g/mol. The summed E-state index contributed by atoms with van der Waals surface area (Å²) in [7, 11) is 0. The Kier molecular flexibility index (Phi) is 3.55. The SMILES string of the molecule is O=C(COc1ccc(F)cc1)Nc1cccc2[nH]ccc12. The first kappa shape index (κ1) is 13.2. The summed E-state index contributed by atoms with van der Waals surface area (Å²) in [6.45, 7) is -0.132. The van der Waals surface area contributed by atoms with Crippen molar-refractivity contribution in [3.05, 3.63) is 60.5 Å². The van der Waals surface area contributed by atoms with Gasteiger partial charge in [-0.3, -0.25) is 4.79 Å². The predicted molar refractivity (Wildman–Crippen MR) is 78.8 cm³/mol. The average Bonchev–Trinajstić information content (AvgIpc) is 2.96. The summed E-state index contributed by atoms with van der Waals surface area (Å²) in [5.74, 6) is -0.162. The highest BCUT2D eigenvalue weighted by Gasteiger charge is 2.07. The first-order chi connectivity index (χ1) is 10.2. The van der Waals surface area contributed by atoms with Crippen LogP contribution in [0.3, 0.4) is 0 Å². The molecule has 2 N–H and O–H groups in total. The fourth-order valence-corrected chi connectivity index (χ4v) is 2.06. The van der Waals surface area contributed by atoms with E-state index >= 15 is 0 Å². The number of fused-ring (bicyclic) bond motifs is 1. The zero-order valence-electron chi connectivity index (χ0n) is 11.1. The lowest BCUT2D eigenvalue weighted by molar-refractivity contribution is -0.118. The maximum atomic E-state index is 12.8. The number of anilines is 1. The van der Waals surface area contributed by atoms with Crippen LogP contribution in [-0.2, 0) is 4.79 Å². The highest BCUT2D eigenvalue weighted by atomic mass is 19.1. The maximum absolute atomic E-state index is 12.8. The topological polar surface area (TPSA) is 54.1 Å². The van der Waals surface area contributed by atoms with Crippen molar-refractivity contribution < 1.29 is 13.9 Å². The molecular formula is C16H13FN2O2. The lowest BCUT2D eigenvalue weighted by Crippen LogP contribution is -2.20. The minimum Gasteiger partial charge on any atom is -0.484 e. The molecule has 0 bridgehead atoms. The molecule has 0 aliphatic heterocycles. The third-order valence-corrected chi connectivity index (χ3v) is 3.05. The molecule has 0 aliphatic rings.